The van der Waals surface area contributed by atoms with Crippen LogP contribution in [0.4, 0.5) is 11.6 Å². The van der Waals surface area contributed by atoms with E-state index in [1.54, 1.807) is 42.6 Å². The normalized spacial score (nSPS) is 11.0. The van der Waals surface area contributed by atoms with Crippen LogP contribution >= 0.6 is 0 Å². The lowest BCUT2D eigenvalue weighted by Gasteiger charge is -2.10. The summed E-state index contributed by atoms with van der Waals surface area (Å²) in [6, 6.07) is 15.2. The number of rotatable bonds is 9. The molecule has 0 radical (unpaired) electrons. The number of hydrogen-bond donors (Lipinski definition) is 3. The topological polar surface area (TPSA) is 137 Å². The van der Waals surface area contributed by atoms with Crippen molar-refractivity contribution in [3.63, 3.8) is 0 Å². The Morgan fingerprint density at radius 1 is 1.19 bits per heavy atom. The van der Waals surface area contributed by atoms with E-state index in [1.807, 2.05) is 0 Å². The molecule has 0 bridgehead atoms. The number of hydrogen-bond acceptors (Lipinski definition) is 8. The molecule has 9 nitrogen and oxygen atoms in total. The minimum Gasteiger partial charge on any atom is -0.495 e. The molecule has 2 aromatic carbocycles. The van der Waals surface area contributed by atoms with E-state index in [1.165, 1.54) is 19.2 Å². The molecule has 0 aliphatic heterocycles. The first-order valence-corrected chi connectivity index (χ1v) is 10.8. The molecule has 3 N–H and O–H groups in total. The molecule has 3 aromatic rings. The van der Waals surface area contributed by atoms with Crippen molar-refractivity contribution in [2.45, 2.75) is 11.3 Å². The summed E-state index contributed by atoms with van der Waals surface area (Å²) in [5.74, 6) is 0.749. The van der Waals surface area contributed by atoms with Crippen LogP contribution < -0.4 is 14.8 Å². The Balaban J connectivity index is 1.83. The lowest BCUT2D eigenvalue weighted by atomic mass is 10.1. The molecule has 0 aliphatic carbocycles. The van der Waals surface area contributed by atoms with Gasteiger partial charge in [0.25, 0.3) is 0 Å². The third-order valence-corrected chi connectivity index (χ3v) is 5.76. The van der Waals surface area contributed by atoms with Crippen LogP contribution in [0, 0.1) is 11.3 Å². The van der Waals surface area contributed by atoms with Gasteiger partial charge in [0.05, 0.1) is 23.3 Å². The maximum atomic E-state index is 12.4. The van der Waals surface area contributed by atoms with E-state index in [0.29, 0.717) is 34.7 Å². The lowest BCUT2D eigenvalue weighted by molar-refractivity contribution is 0.289. The molecule has 1 heterocycles. The molecular weight excluding hydrogens is 418 g/mol. The monoisotopic (exact) mass is 439 g/mol. The van der Waals surface area contributed by atoms with Gasteiger partial charge in [-0.25, -0.2) is 23.1 Å². The van der Waals surface area contributed by atoms with Gasteiger partial charge in [0.15, 0.2) is 0 Å². The highest BCUT2D eigenvalue weighted by Gasteiger charge is 2.14. The quantitative estimate of drug-likeness (QED) is 0.432. The summed E-state index contributed by atoms with van der Waals surface area (Å²) in [5.41, 5.74) is 2.19. The Morgan fingerprint density at radius 3 is 2.77 bits per heavy atom. The van der Waals surface area contributed by atoms with Gasteiger partial charge < -0.3 is 15.2 Å². The number of methoxy groups -OCH3 is 1. The predicted octanol–water partition coefficient (Wildman–Crippen LogP) is 2.43. The Kier molecular flexibility index (Phi) is 7.15. The fourth-order valence-corrected chi connectivity index (χ4v) is 3.89. The molecule has 3 rings (SSSR count). The van der Waals surface area contributed by atoms with Gasteiger partial charge in [0.2, 0.25) is 16.0 Å². The highest BCUT2D eigenvalue weighted by Crippen LogP contribution is 2.26. The van der Waals surface area contributed by atoms with Crippen LogP contribution in [-0.4, -0.2) is 43.8 Å². The standard InChI is InChI=1S/C21H21N5O4S/c1-30-20-7-6-15(12-16(20)14-22)19-8-10-23-21(26-19)25-17-4-2-5-18(13-17)31(28,29)24-9-3-11-27/h2,4-8,10,12-13,24,27H,3,9,11H2,1H3,(H,23,25,26). The number of nitrogens with one attached hydrogen (secondary N) is 2. The molecule has 0 amide bonds. The number of aliphatic hydroxyl groups excluding tert-OH is 1. The highest BCUT2D eigenvalue weighted by atomic mass is 32.2. The first-order valence-electron chi connectivity index (χ1n) is 9.36. The SMILES string of the molecule is COc1ccc(-c2ccnc(Nc3cccc(S(=O)(=O)NCCCO)c3)n2)cc1C#N. The lowest BCUT2D eigenvalue weighted by Crippen LogP contribution is -2.25. The van der Waals surface area contributed by atoms with E-state index in [9.17, 15) is 13.7 Å². The fourth-order valence-electron chi connectivity index (χ4n) is 2.77. The molecule has 10 heteroatoms. The van der Waals surface area contributed by atoms with Crippen molar-refractivity contribution >= 4 is 21.7 Å². The molecule has 0 fully saturated rings. The Hall–Kier alpha value is -3.52. The van der Waals surface area contributed by atoms with Crippen molar-refractivity contribution < 1.29 is 18.3 Å². The smallest absolute Gasteiger partial charge is 0.240 e. The molecule has 0 atom stereocenters. The van der Waals surface area contributed by atoms with E-state index >= 15 is 0 Å². The number of aromatic nitrogens is 2. The van der Waals surface area contributed by atoms with Crippen LogP contribution in [0.15, 0.2) is 59.6 Å². The molecular formula is C21H21N5O4S. The summed E-state index contributed by atoms with van der Waals surface area (Å²) >= 11 is 0. The highest BCUT2D eigenvalue weighted by molar-refractivity contribution is 7.89. The van der Waals surface area contributed by atoms with Crippen molar-refractivity contribution in [1.29, 1.82) is 5.26 Å². The summed E-state index contributed by atoms with van der Waals surface area (Å²) in [6.07, 6.45) is 1.90. The number of ether oxygens (including phenoxy) is 1. The van der Waals surface area contributed by atoms with Crippen molar-refractivity contribution in [3.05, 3.63) is 60.3 Å². The molecule has 0 spiro atoms. The number of benzene rings is 2. The summed E-state index contributed by atoms with van der Waals surface area (Å²) in [4.78, 5) is 8.72. The van der Waals surface area contributed by atoms with Crippen LogP contribution in [0.2, 0.25) is 0 Å². The summed E-state index contributed by atoms with van der Waals surface area (Å²) in [7, 11) is -2.20. The van der Waals surface area contributed by atoms with Gasteiger partial charge in [-0.1, -0.05) is 6.07 Å². The van der Waals surface area contributed by atoms with Crippen LogP contribution in [0.5, 0.6) is 5.75 Å². The zero-order valence-electron chi connectivity index (χ0n) is 16.7. The van der Waals surface area contributed by atoms with Crippen molar-refractivity contribution in [2.75, 3.05) is 25.6 Å². The average molecular weight is 439 g/mol. The van der Waals surface area contributed by atoms with Gasteiger partial charge >= 0.3 is 0 Å². The van der Waals surface area contributed by atoms with Crippen molar-refractivity contribution in [2.24, 2.45) is 0 Å². The largest absolute Gasteiger partial charge is 0.495 e. The van der Waals surface area contributed by atoms with Gasteiger partial charge in [-0.05, 0) is 48.9 Å². The molecule has 1 aromatic heterocycles. The van der Waals surface area contributed by atoms with Gasteiger partial charge in [-0.15, -0.1) is 0 Å². The van der Waals surface area contributed by atoms with Gasteiger partial charge in [0, 0.05) is 30.6 Å². The van der Waals surface area contributed by atoms with Crippen LogP contribution in [0.25, 0.3) is 11.3 Å². The molecule has 0 aliphatic rings. The van der Waals surface area contributed by atoms with Gasteiger partial charge in [-0.3, -0.25) is 0 Å². The van der Waals surface area contributed by atoms with Gasteiger partial charge in [0.1, 0.15) is 11.8 Å². The molecule has 0 saturated carbocycles. The zero-order valence-corrected chi connectivity index (χ0v) is 17.6. The Bertz CT molecular complexity index is 1210. The van der Waals surface area contributed by atoms with E-state index in [4.69, 9.17) is 9.84 Å². The van der Waals surface area contributed by atoms with Crippen LogP contribution in [-0.2, 0) is 10.0 Å². The molecule has 0 unspecified atom stereocenters. The van der Waals surface area contributed by atoms with Crippen molar-refractivity contribution in [3.8, 4) is 23.1 Å². The second-order valence-electron chi connectivity index (χ2n) is 6.42. The molecule has 160 valence electrons. The van der Waals surface area contributed by atoms with Crippen LogP contribution in [0.1, 0.15) is 12.0 Å². The van der Waals surface area contributed by atoms with E-state index in [0.717, 1.165) is 0 Å². The Labute approximate surface area is 180 Å². The number of nitriles is 1. The van der Waals surface area contributed by atoms with E-state index in [2.05, 4.69) is 26.1 Å². The molecule has 31 heavy (non-hydrogen) atoms. The molecule has 0 saturated heterocycles. The Morgan fingerprint density at radius 2 is 2.03 bits per heavy atom. The number of aliphatic hydroxyl groups is 1. The van der Waals surface area contributed by atoms with Gasteiger partial charge in [-0.2, -0.15) is 5.26 Å². The van der Waals surface area contributed by atoms with Crippen molar-refractivity contribution in [1.82, 2.24) is 14.7 Å². The third kappa shape index (κ3) is 5.55. The number of sulfonamides is 1. The van der Waals surface area contributed by atoms with E-state index < -0.39 is 10.0 Å². The number of anilines is 2. The second kappa shape index (κ2) is 9.99. The minimum atomic E-state index is -3.70. The summed E-state index contributed by atoms with van der Waals surface area (Å²) < 4.78 is 32.3. The predicted molar refractivity (Wildman–Crippen MR) is 115 cm³/mol. The fraction of sp³-hybridized carbons (Fsp3) is 0.190. The number of nitrogens with zero attached hydrogens (tertiary/aromatic N) is 3. The third-order valence-electron chi connectivity index (χ3n) is 4.30. The average Bonchev–Trinajstić information content (AvgIpc) is 2.79. The zero-order chi connectivity index (χ0) is 22.3. The first-order chi connectivity index (χ1) is 15.0. The maximum absolute atomic E-state index is 12.4. The van der Waals surface area contributed by atoms with Crippen LogP contribution in [0.3, 0.4) is 0 Å². The second-order valence-corrected chi connectivity index (χ2v) is 8.19. The maximum Gasteiger partial charge on any atom is 0.240 e. The summed E-state index contributed by atoms with van der Waals surface area (Å²) in [6.45, 7) is 0.0516. The summed E-state index contributed by atoms with van der Waals surface area (Å²) in [5, 5.41) is 21.1. The van der Waals surface area contributed by atoms with E-state index in [-0.39, 0.29) is 24.0 Å². The minimum absolute atomic E-state index is 0.0837. The first kappa shape index (κ1) is 22.2.